The number of carbonyl (C=O) groups is 1. The second kappa shape index (κ2) is 11.0. The van der Waals surface area contributed by atoms with E-state index in [9.17, 15) is 13.2 Å². The zero-order chi connectivity index (χ0) is 28.5. The Labute approximate surface area is 231 Å². The summed E-state index contributed by atoms with van der Waals surface area (Å²) in [7, 11) is -2.22. The molecule has 0 spiro atoms. The van der Waals surface area contributed by atoms with Gasteiger partial charge in [0, 0.05) is 36.6 Å². The zero-order valence-corrected chi connectivity index (χ0v) is 23.1. The van der Waals surface area contributed by atoms with Gasteiger partial charge in [0.05, 0.1) is 37.0 Å². The Morgan fingerprint density at radius 2 is 1.88 bits per heavy atom. The van der Waals surface area contributed by atoms with Crippen LogP contribution in [0.25, 0.3) is 22.5 Å². The van der Waals surface area contributed by atoms with Gasteiger partial charge in [-0.2, -0.15) is 14.7 Å². The number of rotatable bonds is 9. The van der Waals surface area contributed by atoms with Crippen LogP contribution < -0.4 is 17.0 Å². The van der Waals surface area contributed by atoms with E-state index in [0.717, 1.165) is 17.5 Å². The summed E-state index contributed by atoms with van der Waals surface area (Å²) >= 11 is 0. The Morgan fingerprint density at radius 3 is 2.52 bits per heavy atom. The molecule has 212 valence electrons. The second-order valence-corrected chi connectivity index (χ2v) is 11.8. The van der Waals surface area contributed by atoms with Gasteiger partial charge in [-0.3, -0.25) is 10.2 Å². The molecule has 0 atom stereocenters. The lowest BCUT2D eigenvalue weighted by Crippen LogP contribution is -2.53. The first-order valence-corrected chi connectivity index (χ1v) is 14.7. The van der Waals surface area contributed by atoms with Crippen LogP contribution in [-0.2, 0) is 24.1 Å². The van der Waals surface area contributed by atoms with Gasteiger partial charge < -0.3 is 15.2 Å². The minimum Gasteiger partial charge on any atom is -0.382 e. The number of hydrogen-bond donors (Lipinski definition) is 3. The van der Waals surface area contributed by atoms with Crippen LogP contribution in [0.2, 0.25) is 0 Å². The smallest absolute Gasteiger partial charge is 0.266 e. The molecule has 1 fully saturated rings. The molecule has 14 heteroatoms. The molecule has 3 aromatic heterocycles. The molecule has 1 aromatic carbocycles. The van der Waals surface area contributed by atoms with E-state index in [0.29, 0.717) is 49.2 Å². The van der Waals surface area contributed by atoms with E-state index in [1.165, 1.54) is 4.52 Å². The molecule has 13 nitrogen and oxygen atoms in total. The summed E-state index contributed by atoms with van der Waals surface area (Å²) in [5.74, 6) is 4.72. The first kappa shape index (κ1) is 27.7. The van der Waals surface area contributed by atoms with Gasteiger partial charge in [-0.15, -0.1) is 0 Å². The molecule has 0 aliphatic heterocycles. The summed E-state index contributed by atoms with van der Waals surface area (Å²) in [5, 5.41) is 8.83. The third kappa shape index (κ3) is 5.06. The summed E-state index contributed by atoms with van der Waals surface area (Å²) in [6.45, 7) is 0.539. The topological polar surface area (TPSA) is 182 Å². The molecule has 5 rings (SSSR count). The van der Waals surface area contributed by atoms with Crippen LogP contribution in [0.4, 0.5) is 5.82 Å². The molecule has 0 saturated heterocycles. The maximum Gasteiger partial charge on any atom is 0.266 e. The fourth-order valence-corrected chi connectivity index (χ4v) is 6.37. The third-order valence-corrected chi connectivity index (χ3v) is 8.50. The Morgan fingerprint density at radius 1 is 1.15 bits per heavy atom. The van der Waals surface area contributed by atoms with Crippen molar-refractivity contribution in [1.82, 2.24) is 29.8 Å². The molecule has 40 heavy (non-hydrogen) atoms. The number of amides is 1. The fourth-order valence-electron chi connectivity index (χ4n) is 5.31. The average Bonchev–Trinajstić information content (AvgIpc) is 3.60. The van der Waals surface area contributed by atoms with Crippen LogP contribution in [0.5, 0.6) is 0 Å². The highest BCUT2D eigenvalue weighted by Gasteiger charge is 2.44. The Kier molecular flexibility index (Phi) is 7.59. The maximum absolute atomic E-state index is 13.0. The van der Waals surface area contributed by atoms with Gasteiger partial charge in [-0.05, 0) is 37.8 Å². The minimum atomic E-state index is -3.77. The third-order valence-electron chi connectivity index (χ3n) is 7.34. The van der Waals surface area contributed by atoms with E-state index in [1.54, 1.807) is 24.2 Å². The summed E-state index contributed by atoms with van der Waals surface area (Å²) in [5.41, 5.74) is 10.6. The molecule has 0 radical (unpaired) electrons. The van der Waals surface area contributed by atoms with E-state index in [4.69, 9.17) is 26.0 Å². The molecule has 4 aromatic rings. The van der Waals surface area contributed by atoms with Crippen LogP contribution in [0.15, 0.2) is 53.8 Å². The molecular weight excluding hydrogens is 536 g/mol. The number of ether oxygens (including phenoxy) is 2. The monoisotopic (exact) mass is 568 g/mol. The van der Waals surface area contributed by atoms with Gasteiger partial charge in [0.2, 0.25) is 0 Å². The number of fused-ring (bicyclic) bond motifs is 1. The Balaban J connectivity index is 1.54. The standard InChI is InChI=1S/C26H32N8O5S/c1-38-12-13-39-26(25(35)32-28)10-8-17(9-11-26)21-22(40(2,36)37)23(27)34-24(31-21)20(15-30-34)18-14-29-33(16-18)19-6-4-3-5-7-19/h3-7,14-17H,8-13,27-28H2,1-2H3,(H,32,35)/t17-,26+. The Hall–Kier alpha value is -3.85. The summed E-state index contributed by atoms with van der Waals surface area (Å²) in [4.78, 5) is 17.5. The second-order valence-electron chi connectivity index (χ2n) is 9.87. The van der Waals surface area contributed by atoms with Gasteiger partial charge in [-0.1, -0.05) is 18.2 Å². The lowest BCUT2D eigenvalue weighted by molar-refractivity contribution is -0.154. The molecule has 0 bridgehead atoms. The predicted molar refractivity (Wildman–Crippen MR) is 147 cm³/mol. The predicted octanol–water partition coefficient (Wildman–Crippen LogP) is 1.62. The number of hydrazine groups is 1. The number of nitrogens with two attached hydrogens (primary N) is 2. The average molecular weight is 569 g/mol. The number of para-hydroxylation sites is 1. The van der Waals surface area contributed by atoms with E-state index in [2.05, 4.69) is 15.6 Å². The molecule has 0 unspecified atom stereocenters. The number of anilines is 1. The van der Waals surface area contributed by atoms with Crippen molar-refractivity contribution in [3.8, 4) is 16.8 Å². The number of nitrogen functional groups attached to an aromatic ring is 1. The molecule has 1 aliphatic rings. The van der Waals surface area contributed by atoms with Crippen molar-refractivity contribution in [2.75, 3.05) is 32.3 Å². The van der Waals surface area contributed by atoms with Gasteiger partial charge in [-0.25, -0.2) is 23.9 Å². The molecular formula is C26H32N8O5S. The minimum absolute atomic E-state index is 0.0166. The molecule has 5 N–H and O–H groups in total. The van der Waals surface area contributed by atoms with Gasteiger partial charge >= 0.3 is 0 Å². The van der Waals surface area contributed by atoms with Crippen LogP contribution in [0.1, 0.15) is 37.3 Å². The number of nitrogens with zero attached hydrogens (tertiary/aromatic N) is 5. The highest BCUT2D eigenvalue weighted by atomic mass is 32.2. The van der Waals surface area contributed by atoms with E-state index in [-0.39, 0.29) is 23.2 Å². The van der Waals surface area contributed by atoms with Crippen molar-refractivity contribution in [3.63, 3.8) is 0 Å². The fraction of sp³-hybridized carbons (Fsp3) is 0.385. The highest BCUT2D eigenvalue weighted by molar-refractivity contribution is 7.91. The lowest BCUT2D eigenvalue weighted by atomic mass is 9.76. The van der Waals surface area contributed by atoms with Crippen molar-refractivity contribution in [1.29, 1.82) is 0 Å². The van der Waals surface area contributed by atoms with Crippen LogP contribution in [0.3, 0.4) is 0 Å². The number of carbonyl (C=O) groups excluding carboxylic acids is 1. The first-order valence-electron chi connectivity index (χ1n) is 12.8. The van der Waals surface area contributed by atoms with Gasteiger partial charge in [0.25, 0.3) is 5.91 Å². The number of nitrogens with one attached hydrogen (secondary N) is 1. The summed E-state index contributed by atoms with van der Waals surface area (Å²) in [6, 6.07) is 9.65. The van der Waals surface area contributed by atoms with Crippen LogP contribution in [-0.4, -0.2) is 70.9 Å². The first-order chi connectivity index (χ1) is 19.2. The van der Waals surface area contributed by atoms with Crippen molar-refractivity contribution >= 4 is 27.2 Å². The quantitative estimate of drug-likeness (QED) is 0.116. The van der Waals surface area contributed by atoms with E-state index >= 15 is 0 Å². The molecule has 1 saturated carbocycles. The van der Waals surface area contributed by atoms with Crippen molar-refractivity contribution in [3.05, 3.63) is 54.6 Å². The number of methoxy groups -OCH3 is 1. The number of hydrogen-bond acceptors (Lipinski definition) is 10. The van der Waals surface area contributed by atoms with Crippen molar-refractivity contribution in [2.45, 2.75) is 42.1 Å². The SMILES string of the molecule is COCCO[C@]1(C(=O)NN)CC[C@H](c2nc3c(-c4cnn(-c5ccccc5)c4)cnn3c(N)c2S(C)(=O)=O)CC1. The normalized spacial score (nSPS) is 19.6. The van der Waals surface area contributed by atoms with Gasteiger partial charge in [0.15, 0.2) is 15.5 Å². The molecule has 1 amide bonds. The van der Waals surface area contributed by atoms with Crippen LogP contribution >= 0.6 is 0 Å². The molecule has 1 aliphatic carbocycles. The van der Waals surface area contributed by atoms with E-state index < -0.39 is 21.3 Å². The molecule has 3 heterocycles. The zero-order valence-electron chi connectivity index (χ0n) is 22.3. The summed E-state index contributed by atoms with van der Waals surface area (Å²) < 4.78 is 40.0. The van der Waals surface area contributed by atoms with Gasteiger partial charge in [0.1, 0.15) is 16.3 Å². The Bertz CT molecular complexity index is 1630. The highest BCUT2D eigenvalue weighted by Crippen LogP contribution is 2.43. The number of benzene rings is 1. The van der Waals surface area contributed by atoms with Crippen LogP contribution in [0, 0.1) is 0 Å². The maximum atomic E-state index is 13.0. The lowest BCUT2D eigenvalue weighted by Gasteiger charge is -2.38. The van der Waals surface area contributed by atoms with E-state index in [1.807, 2.05) is 36.5 Å². The van der Waals surface area contributed by atoms with Crippen molar-refractivity contribution < 1.29 is 22.7 Å². The summed E-state index contributed by atoms with van der Waals surface area (Å²) in [6.07, 6.45) is 7.75. The largest absolute Gasteiger partial charge is 0.382 e. The number of aromatic nitrogens is 5. The number of sulfone groups is 1. The van der Waals surface area contributed by atoms with Crippen molar-refractivity contribution in [2.24, 2.45) is 5.84 Å².